The lowest BCUT2D eigenvalue weighted by molar-refractivity contribution is 0.0541. The Morgan fingerprint density at radius 3 is 2.69 bits per heavy atom. The molecule has 7 heteroatoms. The molecule has 32 heavy (non-hydrogen) atoms. The highest BCUT2D eigenvalue weighted by molar-refractivity contribution is 6.05. The molecular weight excluding hydrogens is 400 g/mol. The minimum Gasteiger partial charge on any atom is -0.484 e. The minimum atomic E-state index is -0.473. The SMILES string of the molecule is [C-]#[N+]N=C1CC2(CCCN(c3ncccn3)C2)Oc2ccc(-c3cccc([N+]#[C-])c3)cc21. The van der Waals surface area contributed by atoms with E-state index in [9.17, 15) is 0 Å². The number of hydrogen-bond acceptors (Lipinski definition) is 5. The van der Waals surface area contributed by atoms with Crippen molar-refractivity contribution in [1.82, 2.24) is 9.97 Å². The predicted molar refractivity (Wildman–Crippen MR) is 123 cm³/mol. The zero-order valence-corrected chi connectivity index (χ0v) is 17.4. The molecule has 0 saturated carbocycles. The Balaban J connectivity index is 1.51. The number of benzene rings is 2. The fourth-order valence-electron chi connectivity index (χ4n) is 4.55. The Kier molecular flexibility index (Phi) is 5.01. The maximum atomic E-state index is 7.36. The van der Waals surface area contributed by atoms with Gasteiger partial charge in [-0.1, -0.05) is 24.3 Å². The van der Waals surface area contributed by atoms with Crippen LogP contribution in [0.2, 0.25) is 0 Å². The van der Waals surface area contributed by atoms with Crippen LogP contribution >= 0.6 is 0 Å². The van der Waals surface area contributed by atoms with Gasteiger partial charge in [-0.05, 0) is 48.2 Å². The van der Waals surface area contributed by atoms with E-state index in [-0.39, 0.29) is 0 Å². The van der Waals surface area contributed by atoms with Gasteiger partial charge in [0.25, 0.3) is 0 Å². The van der Waals surface area contributed by atoms with E-state index in [1.165, 1.54) is 0 Å². The van der Waals surface area contributed by atoms with Crippen LogP contribution in [-0.4, -0.2) is 34.4 Å². The number of fused-ring (bicyclic) bond motifs is 1. The second-order valence-electron chi connectivity index (χ2n) is 8.06. The van der Waals surface area contributed by atoms with Gasteiger partial charge in [-0.25, -0.2) is 14.8 Å². The summed E-state index contributed by atoms with van der Waals surface area (Å²) in [6, 6.07) is 15.3. The average molecular weight is 420 g/mol. The van der Waals surface area contributed by atoms with Crippen molar-refractivity contribution in [2.24, 2.45) is 5.10 Å². The molecule has 1 atom stereocenters. The third-order valence-corrected chi connectivity index (χ3v) is 5.96. The van der Waals surface area contributed by atoms with Gasteiger partial charge < -0.3 is 9.64 Å². The Morgan fingerprint density at radius 1 is 1.03 bits per heavy atom. The normalized spacial score (nSPS) is 20.8. The molecule has 0 bridgehead atoms. The summed E-state index contributed by atoms with van der Waals surface area (Å²) in [6.45, 7) is 16.1. The molecule has 0 N–H and O–H groups in total. The summed E-state index contributed by atoms with van der Waals surface area (Å²) < 4.78 is 6.60. The molecule has 1 fully saturated rings. The summed E-state index contributed by atoms with van der Waals surface area (Å²) in [5.41, 5.74) is 3.62. The van der Waals surface area contributed by atoms with Gasteiger partial charge in [-0.2, -0.15) is 6.57 Å². The van der Waals surface area contributed by atoms with Gasteiger partial charge in [0.1, 0.15) is 17.1 Å². The summed E-state index contributed by atoms with van der Waals surface area (Å²) in [5, 5.41) is 4.17. The van der Waals surface area contributed by atoms with Crippen LogP contribution in [-0.2, 0) is 0 Å². The summed E-state index contributed by atoms with van der Waals surface area (Å²) in [7, 11) is 0. The molecule has 2 aliphatic heterocycles. The molecule has 0 aliphatic carbocycles. The molecule has 1 unspecified atom stereocenters. The van der Waals surface area contributed by atoms with Gasteiger partial charge in [-0.15, -0.1) is 4.95 Å². The van der Waals surface area contributed by atoms with Crippen molar-refractivity contribution in [1.29, 1.82) is 0 Å². The van der Waals surface area contributed by atoms with E-state index in [0.29, 0.717) is 24.6 Å². The zero-order chi connectivity index (χ0) is 22.0. The molecule has 0 amide bonds. The third-order valence-electron chi connectivity index (χ3n) is 5.96. The highest BCUT2D eigenvalue weighted by Gasteiger charge is 2.44. The van der Waals surface area contributed by atoms with Crippen molar-refractivity contribution < 1.29 is 4.74 Å². The fourth-order valence-corrected chi connectivity index (χ4v) is 4.55. The second kappa shape index (κ2) is 8.13. The molecule has 2 aliphatic rings. The molecule has 156 valence electrons. The van der Waals surface area contributed by atoms with Crippen molar-refractivity contribution in [3.05, 3.63) is 89.4 Å². The van der Waals surface area contributed by atoms with Crippen molar-refractivity contribution in [3.63, 3.8) is 0 Å². The number of anilines is 1. The molecule has 0 radical (unpaired) electrons. The van der Waals surface area contributed by atoms with E-state index in [1.54, 1.807) is 18.5 Å². The van der Waals surface area contributed by atoms with Crippen molar-refractivity contribution in [2.75, 3.05) is 18.0 Å². The van der Waals surface area contributed by atoms with Gasteiger partial charge >= 0.3 is 0 Å². The lowest BCUT2D eigenvalue weighted by Gasteiger charge is -2.45. The van der Waals surface area contributed by atoms with E-state index in [2.05, 4.69) is 29.8 Å². The monoisotopic (exact) mass is 420 g/mol. The molecule has 3 aromatic rings. The largest absolute Gasteiger partial charge is 0.484 e. The van der Waals surface area contributed by atoms with Gasteiger partial charge in [0.05, 0.1) is 18.2 Å². The van der Waals surface area contributed by atoms with Crippen molar-refractivity contribution in [2.45, 2.75) is 24.9 Å². The standard InChI is InChI=1S/C25H20N6O/c1-26-20-7-3-6-18(14-20)19-8-9-23-21(15-19)22(30-27-2)16-25(32-23)10-4-13-31(17-25)24-28-11-5-12-29-24/h3,5-9,11-12,14-15H,4,10,13,16-17H2. The quantitative estimate of drug-likeness (QED) is 0.426. The van der Waals surface area contributed by atoms with Crippen LogP contribution in [0, 0.1) is 13.1 Å². The fraction of sp³-hybridized carbons (Fsp3) is 0.240. The van der Waals surface area contributed by atoms with Crippen LogP contribution in [0.25, 0.3) is 20.9 Å². The molecule has 1 saturated heterocycles. The van der Waals surface area contributed by atoms with Gasteiger partial charge in [-0.3, -0.25) is 0 Å². The summed E-state index contributed by atoms with van der Waals surface area (Å²) in [6.07, 6.45) is 5.87. The smallest absolute Gasteiger partial charge is 0.225 e. The Labute approximate surface area is 186 Å². The van der Waals surface area contributed by atoms with E-state index in [0.717, 1.165) is 47.5 Å². The topological polar surface area (TPSA) is 59.3 Å². The van der Waals surface area contributed by atoms with Gasteiger partial charge in [0, 0.05) is 30.9 Å². The molecule has 1 spiro atoms. The zero-order valence-electron chi connectivity index (χ0n) is 17.4. The van der Waals surface area contributed by atoms with Crippen LogP contribution < -0.4 is 9.64 Å². The van der Waals surface area contributed by atoms with Crippen LogP contribution in [0.1, 0.15) is 24.8 Å². The molecule has 1 aromatic heterocycles. The highest BCUT2D eigenvalue weighted by atomic mass is 16.5. The minimum absolute atomic E-state index is 0.473. The first-order valence-corrected chi connectivity index (χ1v) is 10.5. The van der Waals surface area contributed by atoms with E-state index < -0.39 is 5.60 Å². The predicted octanol–water partition coefficient (Wildman–Crippen LogP) is 5.14. The van der Waals surface area contributed by atoms with Crippen LogP contribution in [0.3, 0.4) is 0 Å². The first-order valence-electron chi connectivity index (χ1n) is 10.5. The van der Waals surface area contributed by atoms with Crippen LogP contribution in [0.5, 0.6) is 5.75 Å². The highest BCUT2D eigenvalue weighted by Crippen LogP contribution is 2.41. The maximum absolute atomic E-state index is 7.36. The van der Waals surface area contributed by atoms with E-state index in [1.807, 2.05) is 42.5 Å². The van der Waals surface area contributed by atoms with Crippen molar-refractivity contribution >= 4 is 17.3 Å². The van der Waals surface area contributed by atoms with E-state index >= 15 is 0 Å². The molecule has 7 nitrogen and oxygen atoms in total. The number of nitrogens with zero attached hydrogens (tertiary/aromatic N) is 6. The number of aromatic nitrogens is 2. The first-order chi connectivity index (χ1) is 15.7. The summed E-state index contributed by atoms with van der Waals surface area (Å²) in [4.78, 5) is 17.8. The second-order valence-corrected chi connectivity index (χ2v) is 8.06. The number of piperidine rings is 1. The lowest BCUT2D eigenvalue weighted by Crippen LogP contribution is -2.55. The Hall–Kier alpha value is -4.23. The third kappa shape index (κ3) is 3.66. The summed E-state index contributed by atoms with van der Waals surface area (Å²) >= 11 is 0. The first kappa shape index (κ1) is 19.7. The molecule has 5 rings (SSSR count). The van der Waals surface area contributed by atoms with Crippen molar-refractivity contribution in [3.8, 4) is 16.9 Å². The van der Waals surface area contributed by atoms with Gasteiger partial charge in [0.2, 0.25) is 5.95 Å². The number of ether oxygens (including phenoxy) is 1. The van der Waals surface area contributed by atoms with Crippen LogP contribution in [0.15, 0.2) is 66.0 Å². The maximum Gasteiger partial charge on any atom is 0.225 e. The summed E-state index contributed by atoms with van der Waals surface area (Å²) in [5.74, 6) is 1.43. The Morgan fingerprint density at radius 2 is 1.88 bits per heavy atom. The average Bonchev–Trinajstić information content (AvgIpc) is 2.84. The number of hydrogen-bond donors (Lipinski definition) is 0. The van der Waals surface area contributed by atoms with E-state index in [4.69, 9.17) is 17.9 Å². The molecule has 2 aromatic carbocycles. The Bertz CT molecular complexity index is 1270. The van der Waals surface area contributed by atoms with Gasteiger partial charge in [0.15, 0.2) is 5.69 Å². The van der Waals surface area contributed by atoms with Crippen LogP contribution in [0.4, 0.5) is 11.6 Å². The lowest BCUT2D eigenvalue weighted by atomic mass is 9.82. The molecule has 3 heterocycles. The number of rotatable bonds is 2. The molecular formula is C25H20N6O.